The number of carboxylic acid groups (broad SMARTS) is 1. The third kappa shape index (κ3) is 3.06. The molecule has 0 bridgehead atoms. The Bertz CT molecular complexity index is 548. The Kier molecular flexibility index (Phi) is 3.69. The third-order valence-electron chi connectivity index (χ3n) is 2.66. The maximum absolute atomic E-state index is 12.3. The lowest BCUT2D eigenvalue weighted by Crippen LogP contribution is -2.36. The van der Waals surface area contributed by atoms with E-state index >= 15 is 0 Å². The highest BCUT2D eigenvalue weighted by Crippen LogP contribution is 2.32. The Balaban J connectivity index is 2.24. The van der Waals surface area contributed by atoms with E-state index < -0.39 is 22.5 Å². The molecule has 0 amide bonds. The van der Waals surface area contributed by atoms with Crippen LogP contribution in [-0.2, 0) is 14.8 Å². The van der Waals surface area contributed by atoms with Gasteiger partial charge in [0.25, 0.3) is 10.0 Å². The van der Waals surface area contributed by atoms with E-state index in [-0.39, 0.29) is 10.8 Å². The molecule has 18 heavy (non-hydrogen) atoms. The van der Waals surface area contributed by atoms with E-state index in [2.05, 4.69) is 4.98 Å². The summed E-state index contributed by atoms with van der Waals surface area (Å²) in [6, 6.07) is 0. The number of carboxylic acids is 1. The van der Waals surface area contributed by atoms with Gasteiger partial charge in [-0.3, -0.25) is 4.79 Å². The molecule has 0 atom stereocenters. The maximum Gasteiger partial charge on any atom is 0.318 e. The van der Waals surface area contributed by atoms with Crippen molar-refractivity contribution in [1.29, 1.82) is 0 Å². The number of hydrogen-bond donors (Lipinski definition) is 1. The average molecular weight is 290 g/mol. The van der Waals surface area contributed by atoms with E-state index in [1.807, 2.05) is 0 Å². The summed E-state index contributed by atoms with van der Waals surface area (Å²) in [5, 5.41) is 9.46. The first-order valence-electron chi connectivity index (χ1n) is 5.54. The predicted octanol–water partition coefficient (Wildman–Crippen LogP) is 0.937. The summed E-state index contributed by atoms with van der Waals surface area (Å²) in [6.45, 7) is 1.51. The molecule has 1 aliphatic carbocycles. The average Bonchev–Trinajstić information content (AvgIpc) is 2.96. The molecule has 1 N–H and O–H groups in total. The van der Waals surface area contributed by atoms with Crippen LogP contribution in [-0.4, -0.2) is 41.9 Å². The van der Waals surface area contributed by atoms with Gasteiger partial charge in [-0.25, -0.2) is 13.4 Å². The molecule has 0 radical (unpaired) electrons. The summed E-state index contributed by atoms with van der Waals surface area (Å²) < 4.78 is 25.7. The monoisotopic (exact) mass is 290 g/mol. The second kappa shape index (κ2) is 4.94. The first kappa shape index (κ1) is 13.4. The van der Waals surface area contributed by atoms with Crippen LogP contribution in [0.1, 0.15) is 17.8 Å². The number of nitrogens with zero attached hydrogens (tertiary/aromatic N) is 2. The summed E-state index contributed by atoms with van der Waals surface area (Å²) in [5.74, 6) is -0.839. The lowest BCUT2D eigenvalue weighted by atomic mass is 10.4. The molecule has 1 heterocycles. The number of carbonyl (C=O) groups is 1. The van der Waals surface area contributed by atoms with E-state index in [0.29, 0.717) is 10.9 Å². The van der Waals surface area contributed by atoms with Gasteiger partial charge in [0.2, 0.25) is 0 Å². The largest absolute Gasteiger partial charge is 0.480 e. The van der Waals surface area contributed by atoms with Crippen LogP contribution in [0.3, 0.4) is 0 Å². The number of hydrogen-bond acceptors (Lipinski definition) is 5. The van der Waals surface area contributed by atoms with Gasteiger partial charge >= 0.3 is 5.97 Å². The highest BCUT2D eigenvalue weighted by Gasteiger charge is 2.33. The fourth-order valence-corrected chi connectivity index (χ4v) is 4.30. The summed E-state index contributed by atoms with van der Waals surface area (Å²) >= 11 is 1.06. The van der Waals surface area contributed by atoms with Crippen molar-refractivity contribution in [2.24, 2.45) is 5.92 Å². The topological polar surface area (TPSA) is 87.6 Å². The second-order valence-electron chi connectivity index (χ2n) is 4.33. The van der Waals surface area contributed by atoms with Gasteiger partial charge in [0.1, 0.15) is 6.54 Å². The number of aryl methyl sites for hydroxylation is 1. The highest BCUT2D eigenvalue weighted by molar-refractivity contribution is 7.91. The quantitative estimate of drug-likeness (QED) is 0.842. The van der Waals surface area contributed by atoms with Gasteiger partial charge in [0.05, 0.1) is 11.2 Å². The summed E-state index contributed by atoms with van der Waals surface area (Å²) in [5.41, 5.74) is 0. The first-order valence-corrected chi connectivity index (χ1v) is 7.79. The number of aliphatic carboxylic acids is 1. The molecular formula is C10H14N2O4S2. The number of sulfonamides is 1. The van der Waals surface area contributed by atoms with Crippen LogP contribution in [0.15, 0.2) is 10.4 Å². The van der Waals surface area contributed by atoms with E-state index in [0.717, 1.165) is 28.5 Å². The lowest BCUT2D eigenvalue weighted by Gasteiger charge is -2.18. The van der Waals surface area contributed by atoms with Crippen LogP contribution >= 0.6 is 11.3 Å². The first-order chi connectivity index (χ1) is 8.39. The van der Waals surface area contributed by atoms with Crippen LogP contribution in [0.2, 0.25) is 0 Å². The number of rotatable bonds is 6. The normalized spacial score (nSPS) is 16.1. The van der Waals surface area contributed by atoms with Gasteiger partial charge in [-0.05, 0) is 25.7 Å². The molecule has 8 heteroatoms. The van der Waals surface area contributed by atoms with E-state index in [1.165, 1.54) is 6.20 Å². The fourth-order valence-electron chi connectivity index (χ4n) is 1.58. The minimum absolute atomic E-state index is 0.113. The molecule has 0 unspecified atom stereocenters. The van der Waals surface area contributed by atoms with Crippen molar-refractivity contribution in [2.75, 3.05) is 13.1 Å². The molecule has 0 aromatic carbocycles. The molecule has 1 saturated carbocycles. The van der Waals surface area contributed by atoms with Gasteiger partial charge in [-0.1, -0.05) is 0 Å². The maximum atomic E-state index is 12.3. The minimum Gasteiger partial charge on any atom is -0.480 e. The highest BCUT2D eigenvalue weighted by atomic mass is 32.2. The fraction of sp³-hybridized carbons (Fsp3) is 0.600. The third-order valence-corrected chi connectivity index (χ3v) is 5.83. The molecule has 0 aliphatic heterocycles. The van der Waals surface area contributed by atoms with Crippen molar-refractivity contribution in [3.05, 3.63) is 11.2 Å². The zero-order valence-corrected chi connectivity index (χ0v) is 11.5. The Hall–Kier alpha value is -0.990. The smallest absolute Gasteiger partial charge is 0.318 e. The molecule has 1 aliphatic rings. The van der Waals surface area contributed by atoms with Gasteiger partial charge in [0, 0.05) is 6.54 Å². The molecule has 0 spiro atoms. The zero-order chi connectivity index (χ0) is 13.3. The van der Waals surface area contributed by atoms with Crippen molar-refractivity contribution in [3.63, 3.8) is 0 Å². The summed E-state index contributed by atoms with van der Waals surface area (Å²) in [4.78, 5) is 14.7. The summed E-state index contributed by atoms with van der Waals surface area (Å²) in [6.07, 6.45) is 3.22. The standard InChI is InChI=1S/C10H14N2O4S2/c1-7-11-4-10(17-7)18(15,16)12(6-9(13)14)5-8-2-3-8/h4,8H,2-3,5-6H2,1H3,(H,13,14). The van der Waals surface area contributed by atoms with Crippen LogP contribution in [0, 0.1) is 12.8 Å². The second-order valence-corrected chi connectivity index (χ2v) is 7.73. The Morgan fingerprint density at radius 2 is 2.28 bits per heavy atom. The number of aromatic nitrogens is 1. The van der Waals surface area contributed by atoms with Crippen molar-refractivity contribution in [2.45, 2.75) is 24.0 Å². The zero-order valence-electron chi connectivity index (χ0n) is 9.87. The van der Waals surface area contributed by atoms with Gasteiger partial charge in [-0.2, -0.15) is 4.31 Å². The molecule has 1 aromatic rings. The van der Waals surface area contributed by atoms with Gasteiger partial charge in [-0.15, -0.1) is 11.3 Å². The molecule has 0 saturated heterocycles. The Morgan fingerprint density at radius 3 is 2.72 bits per heavy atom. The van der Waals surface area contributed by atoms with Crippen molar-refractivity contribution in [1.82, 2.24) is 9.29 Å². The van der Waals surface area contributed by atoms with Crippen molar-refractivity contribution in [3.8, 4) is 0 Å². The molecule has 1 aromatic heterocycles. The van der Waals surface area contributed by atoms with Crippen LogP contribution in [0.25, 0.3) is 0 Å². The molecular weight excluding hydrogens is 276 g/mol. The Morgan fingerprint density at radius 1 is 1.61 bits per heavy atom. The van der Waals surface area contributed by atoms with E-state index in [9.17, 15) is 13.2 Å². The van der Waals surface area contributed by atoms with Crippen molar-refractivity contribution < 1.29 is 18.3 Å². The van der Waals surface area contributed by atoms with Gasteiger partial charge in [0.15, 0.2) is 4.21 Å². The van der Waals surface area contributed by atoms with Crippen LogP contribution in [0.4, 0.5) is 0 Å². The Labute approximate surface area is 109 Å². The number of thiazole rings is 1. The van der Waals surface area contributed by atoms with E-state index in [4.69, 9.17) is 5.11 Å². The SMILES string of the molecule is Cc1ncc(S(=O)(=O)N(CC(=O)O)CC2CC2)s1. The lowest BCUT2D eigenvalue weighted by molar-refractivity contribution is -0.137. The summed E-state index contributed by atoms with van der Waals surface area (Å²) in [7, 11) is -3.72. The molecule has 1 fully saturated rings. The van der Waals surface area contributed by atoms with Gasteiger partial charge < -0.3 is 5.11 Å². The molecule has 100 valence electrons. The van der Waals surface area contributed by atoms with E-state index in [1.54, 1.807) is 6.92 Å². The predicted molar refractivity (Wildman–Crippen MR) is 66.0 cm³/mol. The minimum atomic E-state index is -3.72. The van der Waals surface area contributed by atoms with Crippen LogP contribution in [0.5, 0.6) is 0 Å². The molecule has 6 nitrogen and oxygen atoms in total. The molecule has 2 rings (SSSR count). The van der Waals surface area contributed by atoms with Crippen molar-refractivity contribution >= 4 is 27.3 Å². The van der Waals surface area contributed by atoms with Crippen LogP contribution < -0.4 is 0 Å².